The third-order valence-corrected chi connectivity index (χ3v) is 6.07. The lowest BCUT2D eigenvalue weighted by atomic mass is 9.77. The van der Waals surface area contributed by atoms with Crippen LogP contribution in [0.2, 0.25) is 0 Å². The lowest BCUT2D eigenvalue weighted by molar-refractivity contribution is -0.189. The van der Waals surface area contributed by atoms with Gasteiger partial charge in [-0.05, 0) is 68.1 Å². The summed E-state index contributed by atoms with van der Waals surface area (Å²) in [5, 5.41) is 8.65. The largest absolute Gasteiger partial charge is 0.432 e. The SMILES string of the molecule is C=CCCCC1CCC(c2cc(F)c(C(F)(F)Oc3cc(F)c(C#N)c(F)c3)c(F)c2)CC1. The molecule has 1 aliphatic carbocycles. The van der Waals surface area contributed by atoms with E-state index in [1.165, 1.54) is 6.07 Å². The highest BCUT2D eigenvalue weighted by Gasteiger charge is 2.42. The summed E-state index contributed by atoms with van der Waals surface area (Å²) in [4.78, 5) is 0. The van der Waals surface area contributed by atoms with Crippen molar-refractivity contribution in [3.8, 4) is 11.8 Å². The highest BCUT2D eigenvalue weighted by molar-refractivity contribution is 5.39. The molecular formula is C25H23F6NO. The highest BCUT2D eigenvalue weighted by atomic mass is 19.3. The molecular weight excluding hydrogens is 444 g/mol. The maximum absolute atomic E-state index is 14.6. The molecule has 0 aliphatic heterocycles. The van der Waals surface area contributed by atoms with Crippen LogP contribution in [0.15, 0.2) is 36.9 Å². The van der Waals surface area contributed by atoms with Crippen molar-refractivity contribution in [2.75, 3.05) is 0 Å². The Kier molecular flexibility index (Phi) is 7.72. The summed E-state index contributed by atoms with van der Waals surface area (Å²) in [5.74, 6) is -6.49. The van der Waals surface area contributed by atoms with Crippen LogP contribution in [0.3, 0.4) is 0 Å². The molecule has 0 heterocycles. The van der Waals surface area contributed by atoms with Crippen LogP contribution in [0.4, 0.5) is 26.3 Å². The van der Waals surface area contributed by atoms with Gasteiger partial charge in [-0.25, -0.2) is 17.6 Å². The van der Waals surface area contributed by atoms with Gasteiger partial charge in [0.2, 0.25) is 0 Å². The number of alkyl halides is 2. The molecule has 0 radical (unpaired) electrons. The first kappa shape index (κ1) is 24.7. The van der Waals surface area contributed by atoms with E-state index in [1.807, 2.05) is 6.08 Å². The maximum atomic E-state index is 14.6. The van der Waals surface area contributed by atoms with Gasteiger partial charge in [0.05, 0.1) is 0 Å². The topological polar surface area (TPSA) is 33.0 Å². The van der Waals surface area contributed by atoms with Gasteiger partial charge in [-0.15, -0.1) is 6.58 Å². The number of hydrogen-bond donors (Lipinski definition) is 0. The van der Waals surface area contributed by atoms with E-state index in [9.17, 15) is 26.3 Å². The summed E-state index contributed by atoms with van der Waals surface area (Å²) in [5.41, 5.74) is -2.33. The van der Waals surface area contributed by atoms with Crippen LogP contribution in [0.5, 0.6) is 5.75 Å². The Labute approximate surface area is 188 Å². The zero-order chi connectivity index (χ0) is 24.2. The molecule has 0 saturated heterocycles. The smallest absolute Gasteiger partial charge is 0.429 e. The molecule has 0 bridgehead atoms. The minimum Gasteiger partial charge on any atom is -0.429 e. The summed E-state index contributed by atoms with van der Waals surface area (Å²) in [6.45, 7) is 3.70. The lowest BCUT2D eigenvalue weighted by Gasteiger charge is -2.29. The van der Waals surface area contributed by atoms with Gasteiger partial charge in [-0.2, -0.15) is 14.0 Å². The molecule has 1 saturated carbocycles. The van der Waals surface area contributed by atoms with Gasteiger partial charge in [0.25, 0.3) is 0 Å². The first-order chi connectivity index (χ1) is 15.7. The van der Waals surface area contributed by atoms with Crippen molar-refractivity contribution in [1.82, 2.24) is 0 Å². The predicted molar refractivity (Wildman–Crippen MR) is 111 cm³/mol. The standard InChI is InChI=1S/C25H23F6NO/c1-2-3-4-5-15-6-8-16(9-7-15)17-10-22(28)24(23(29)11-17)25(30,31)33-18-12-20(26)19(14-32)21(27)13-18/h2,10-13,15-16H,1,3-9H2. The number of unbranched alkanes of at least 4 members (excludes halogenated alkanes) is 1. The van der Waals surface area contributed by atoms with Crippen molar-refractivity contribution < 1.29 is 31.1 Å². The molecule has 2 nitrogen and oxygen atoms in total. The normalized spacial score (nSPS) is 18.6. The monoisotopic (exact) mass is 467 g/mol. The van der Waals surface area contributed by atoms with Gasteiger partial charge >= 0.3 is 6.11 Å². The number of benzene rings is 2. The molecule has 0 aromatic heterocycles. The summed E-state index contributed by atoms with van der Waals surface area (Å²) in [6, 6.07) is 3.69. The van der Waals surface area contributed by atoms with Gasteiger partial charge in [-0.1, -0.05) is 12.5 Å². The van der Waals surface area contributed by atoms with Crippen LogP contribution in [0, 0.1) is 40.5 Å². The van der Waals surface area contributed by atoms with Gasteiger partial charge in [-0.3, -0.25) is 0 Å². The Bertz CT molecular complexity index is 1010. The molecule has 0 unspecified atom stereocenters. The number of ether oxygens (including phenoxy) is 1. The van der Waals surface area contributed by atoms with Crippen molar-refractivity contribution >= 4 is 0 Å². The fourth-order valence-corrected chi connectivity index (χ4v) is 4.36. The van der Waals surface area contributed by atoms with E-state index >= 15 is 0 Å². The van der Waals surface area contributed by atoms with Crippen molar-refractivity contribution in [2.45, 2.75) is 57.0 Å². The first-order valence-electron chi connectivity index (χ1n) is 10.7. The second-order valence-corrected chi connectivity index (χ2v) is 8.29. The predicted octanol–water partition coefficient (Wildman–Crippen LogP) is 7.87. The minimum atomic E-state index is -4.54. The Morgan fingerprint density at radius 3 is 2.06 bits per heavy atom. The Balaban J connectivity index is 1.76. The van der Waals surface area contributed by atoms with E-state index in [0.717, 1.165) is 44.2 Å². The zero-order valence-electron chi connectivity index (χ0n) is 17.8. The molecule has 8 heteroatoms. The van der Waals surface area contributed by atoms with E-state index in [4.69, 9.17) is 5.26 Å². The first-order valence-corrected chi connectivity index (χ1v) is 10.7. The van der Waals surface area contributed by atoms with E-state index in [2.05, 4.69) is 11.3 Å². The molecule has 1 fully saturated rings. The summed E-state index contributed by atoms with van der Waals surface area (Å²) >= 11 is 0. The van der Waals surface area contributed by atoms with Crippen LogP contribution >= 0.6 is 0 Å². The average molecular weight is 467 g/mol. The highest BCUT2D eigenvalue weighted by Crippen LogP contribution is 2.41. The second-order valence-electron chi connectivity index (χ2n) is 8.29. The van der Waals surface area contributed by atoms with Crippen molar-refractivity contribution in [2.24, 2.45) is 5.92 Å². The van der Waals surface area contributed by atoms with E-state index in [0.29, 0.717) is 36.5 Å². The maximum Gasteiger partial charge on any atom is 0.432 e. The molecule has 0 N–H and O–H groups in total. The number of halogens is 6. The molecule has 2 aromatic rings. The Hall–Kier alpha value is -2.95. The van der Waals surface area contributed by atoms with Crippen LogP contribution in [0.25, 0.3) is 0 Å². The van der Waals surface area contributed by atoms with Gasteiger partial charge in [0.1, 0.15) is 46.2 Å². The molecule has 0 amide bonds. The Morgan fingerprint density at radius 2 is 1.55 bits per heavy atom. The minimum absolute atomic E-state index is 0.144. The molecule has 3 rings (SSSR count). The van der Waals surface area contributed by atoms with Crippen LogP contribution in [0.1, 0.15) is 67.6 Å². The van der Waals surface area contributed by atoms with Gasteiger partial charge < -0.3 is 4.74 Å². The average Bonchev–Trinajstić information content (AvgIpc) is 2.73. The number of nitrogens with zero attached hydrogens (tertiary/aromatic N) is 1. The summed E-state index contributed by atoms with van der Waals surface area (Å²) in [7, 11) is 0. The number of nitriles is 1. The fourth-order valence-electron chi connectivity index (χ4n) is 4.36. The second kappa shape index (κ2) is 10.3. The number of hydrogen-bond acceptors (Lipinski definition) is 2. The van der Waals surface area contributed by atoms with Crippen LogP contribution in [-0.2, 0) is 6.11 Å². The molecule has 2 aromatic carbocycles. The van der Waals surface area contributed by atoms with Crippen LogP contribution in [-0.4, -0.2) is 0 Å². The summed E-state index contributed by atoms with van der Waals surface area (Å²) < 4.78 is 90.0. The fraction of sp³-hybridized carbons (Fsp3) is 0.400. The number of rotatable bonds is 8. The van der Waals surface area contributed by atoms with Gasteiger partial charge in [0, 0.05) is 12.1 Å². The summed E-state index contributed by atoms with van der Waals surface area (Å²) in [6.07, 6.45) is 3.55. The van der Waals surface area contributed by atoms with Crippen LogP contribution < -0.4 is 4.74 Å². The van der Waals surface area contributed by atoms with E-state index < -0.39 is 46.3 Å². The van der Waals surface area contributed by atoms with Crippen molar-refractivity contribution in [3.05, 3.63) is 76.9 Å². The van der Waals surface area contributed by atoms with E-state index in [1.54, 1.807) is 0 Å². The molecule has 0 spiro atoms. The van der Waals surface area contributed by atoms with E-state index in [-0.39, 0.29) is 5.92 Å². The van der Waals surface area contributed by atoms with Crippen molar-refractivity contribution in [3.63, 3.8) is 0 Å². The zero-order valence-corrected chi connectivity index (χ0v) is 17.8. The molecule has 1 aliphatic rings. The van der Waals surface area contributed by atoms with Gasteiger partial charge in [0.15, 0.2) is 0 Å². The van der Waals surface area contributed by atoms with Crippen molar-refractivity contribution in [1.29, 1.82) is 5.26 Å². The third-order valence-electron chi connectivity index (χ3n) is 6.07. The number of allylic oxidation sites excluding steroid dienone is 1. The lowest BCUT2D eigenvalue weighted by Crippen LogP contribution is -2.26. The Morgan fingerprint density at radius 1 is 0.970 bits per heavy atom. The molecule has 33 heavy (non-hydrogen) atoms. The quantitative estimate of drug-likeness (QED) is 0.225. The third kappa shape index (κ3) is 5.70. The molecule has 176 valence electrons. The molecule has 0 atom stereocenters.